The van der Waals surface area contributed by atoms with Crippen LogP contribution in [0, 0.1) is 25.5 Å². The van der Waals surface area contributed by atoms with Crippen LogP contribution in [0.1, 0.15) is 41.2 Å². The Balaban J connectivity index is 2.08. The highest BCUT2D eigenvalue weighted by molar-refractivity contribution is 9.10. The predicted octanol–water partition coefficient (Wildman–Crippen LogP) is 4.74. The first kappa shape index (κ1) is 17.4. The van der Waals surface area contributed by atoms with Gasteiger partial charge in [0.2, 0.25) is 0 Å². The van der Waals surface area contributed by atoms with E-state index < -0.39 is 17.2 Å². The van der Waals surface area contributed by atoms with Gasteiger partial charge in [-0.3, -0.25) is 4.99 Å². The Morgan fingerprint density at radius 1 is 1.33 bits per heavy atom. The minimum atomic E-state index is -0.906. The lowest BCUT2D eigenvalue weighted by Gasteiger charge is -2.35. The number of hydrogen-bond acceptors (Lipinski definition) is 5. The third kappa shape index (κ3) is 2.97. The second-order valence-corrected chi connectivity index (χ2v) is 8.10. The van der Waals surface area contributed by atoms with Gasteiger partial charge in [0.25, 0.3) is 0 Å². The Labute approximate surface area is 151 Å². The summed E-state index contributed by atoms with van der Waals surface area (Å²) in [7, 11) is 0. The van der Waals surface area contributed by atoms with E-state index in [2.05, 4.69) is 26.1 Å². The smallest absolute Gasteiger partial charge is 0.155 e. The van der Waals surface area contributed by atoms with E-state index in [9.17, 15) is 8.78 Å². The van der Waals surface area contributed by atoms with Crippen molar-refractivity contribution in [1.29, 1.82) is 0 Å². The molecule has 2 N–H and O–H groups in total. The third-order valence-corrected chi connectivity index (χ3v) is 5.83. The molecule has 0 amide bonds. The molecule has 0 saturated heterocycles. The van der Waals surface area contributed by atoms with E-state index in [1.54, 1.807) is 6.92 Å². The first-order valence-electron chi connectivity index (χ1n) is 7.31. The Morgan fingerprint density at radius 2 is 2.04 bits per heavy atom. The summed E-state index contributed by atoms with van der Waals surface area (Å²) in [5.74, 6) is -0.578. The molecule has 1 aliphatic rings. The molecule has 128 valence electrons. The maximum absolute atomic E-state index is 14.4. The maximum atomic E-state index is 14.4. The molecule has 0 aliphatic carbocycles. The van der Waals surface area contributed by atoms with E-state index in [1.807, 2.05) is 13.8 Å². The number of halogens is 3. The number of rotatable bonds is 2. The second kappa shape index (κ2) is 6.15. The van der Waals surface area contributed by atoms with Gasteiger partial charge in [0, 0.05) is 22.4 Å². The first-order chi connectivity index (χ1) is 11.2. The summed E-state index contributed by atoms with van der Waals surface area (Å²) in [6.45, 7) is 5.50. The zero-order chi connectivity index (χ0) is 17.6. The van der Waals surface area contributed by atoms with E-state index in [1.165, 1.54) is 17.8 Å². The van der Waals surface area contributed by atoms with Crippen LogP contribution in [0.4, 0.5) is 8.78 Å². The number of thioether (sulfide) groups is 1. The largest absolute Gasteiger partial charge is 0.378 e. The van der Waals surface area contributed by atoms with Crippen molar-refractivity contribution in [3.05, 3.63) is 50.8 Å². The number of amidine groups is 1. The van der Waals surface area contributed by atoms with Gasteiger partial charge in [0.1, 0.15) is 17.4 Å². The molecule has 0 spiro atoms. The maximum Gasteiger partial charge on any atom is 0.155 e. The highest BCUT2D eigenvalue weighted by Crippen LogP contribution is 2.48. The fourth-order valence-corrected chi connectivity index (χ4v) is 4.83. The summed E-state index contributed by atoms with van der Waals surface area (Å²) in [5.41, 5.74) is 7.14. The van der Waals surface area contributed by atoms with Gasteiger partial charge in [0.05, 0.1) is 15.7 Å². The van der Waals surface area contributed by atoms with Crippen molar-refractivity contribution >= 4 is 32.9 Å². The molecule has 8 heteroatoms. The van der Waals surface area contributed by atoms with Gasteiger partial charge in [-0.2, -0.15) is 0 Å². The first-order valence-corrected chi connectivity index (χ1v) is 8.98. The molecule has 1 aliphatic heterocycles. The molecule has 2 atom stereocenters. The molecular weight excluding hydrogens is 400 g/mol. The molecule has 2 aromatic rings. The van der Waals surface area contributed by atoms with E-state index >= 15 is 0 Å². The fraction of sp³-hybridized carbons (Fsp3) is 0.375. The molecule has 0 fully saturated rings. The summed E-state index contributed by atoms with van der Waals surface area (Å²) in [6, 6.07) is 2.30. The zero-order valence-corrected chi connectivity index (χ0v) is 15.8. The Kier molecular flexibility index (Phi) is 4.46. The van der Waals surface area contributed by atoms with Crippen LogP contribution in [-0.2, 0) is 5.54 Å². The van der Waals surface area contributed by atoms with Crippen molar-refractivity contribution in [3.8, 4) is 0 Å². The van der Waals surface area contributed by atoms with Crippen molar-refractivity contribution in [1.82, 2.24) is 5.16 Å². The zero-order valence-electron chi connectivity index (χ0n) is 13.4. The summed E-state index contributed by atoms with van der Waals surface area (Å²) in [6.07, 6.45) is 0.496. The normalized spacial score (nSPS) is 24.1. The summed E-state index contributed by atoms with van der Waals surface area (Å²) >= 11 is 4.51. The summed E-state index contributed by atoms with van der Waals surface area (Å²) in [4.78, 5) is 4.46. The second-order valence-electron chi connectivity index (χ2n) is 6.02. The number of hydrogen-bond donors (Lipinski definition) is 1. The molecule has 0 saturated carbocycles. The highest BCUT2D eigenvalue weighted by atomic mass is 79.9. The molecule has 1 aromatic heterocycles. The SMILES string of the molecule is Cc1noc(C)c1[C@@H]1C[C@@](C)(c2cc(Br)c(F)cc2F)N=C(N)S1. The van der Waals surface area contributed by atoms with Crippen LogP contribution >= 0.6 is 27.7 Å². The van der Waals surface area contributed by atoms with Crippen molar-refractivity contribution in [2.24, 2.45) is 10.7 Å². The molecule has 2 heterocycles. The van der Waals surface area contributed by atoms with Crippen LogP contribution in [0.25, 0.3) is 0 Å². The minimum absolute atomic E-state index is 0.0676. The third-order valence-electron chi connectivity index (χ3n) is 4.20. The van der Waals surface area contributed by atoms with Crippen LogP contribution in [0.5, 0.6) is 0 Å². The van der Waals surface area contributed by atoms with Gasteiger partial charge in [-0.25, -0.2) is 8.78 Å². The minimum Gasteiger partial charge on any atom is -0.378 e. The van der Waals surface area contributed by atoms with Crippen LogP contribution in [-0.4, -0.2) is 10.3 Å². The van der Waals surface area contributed by atoms with E-state index in [0.29, 0.717) is 22.9 Å². The van der Waals surface area contributed by atoms with Gasteiger partial charge in [0.15, 0.2) is 5.17 Å². The van der Waals surface area contributed by atoms with Gasteiger partial charge in [-0.05, 0) is 49.2 Å². The van der Waals surface area contributed by atoms with Crippen molar-refractivity contribution in [2.45, 2.75) is 38.0 Å². The van der Waals surface area contributed by atoms with Crippen LogP contribution in [0.2, 0.25) is 0 Å². The molecule has 4 nitrogen and oxygen atoms in total. The van der Waals surface area contributed by atoms with Crippen LogP contribution < -0.4 is 5.73 Å². The lowest BCUT2D eigenvalue weighted by molar-refractivity contribution is 0.389. The van der Waals surface area contributed by atoms with Crippen molar-refractivity contribution < 1.29 is 13.3 Å². The molecule has 0 radical (unpaired) electrons. The average molecular weight is 416 g/mol. The van der Waals surface area contributed by atoms with Gasteiger partial charge >= 0.3 is 0 Å². The molecule has 3 rings (SSSR count). The highest BCUT2D eigenvalue weighted by Gasteiger charge is 2.39. The standard InChI is InChI=1S/C16H16BrF2N3OS/c1-7-14(8(2)23-22-7)13-6-16(3,21-15(20)24-13)9-4-10(17)12(19)5-11(9)18/h4-5,13H,6H2,1-3H3,(H2,20,21)/t13-,16-/m0/s1. The van der Waals surface area contributed by atoms with Crippen LogP contribution in [0.15, 0.2) is 26.1 Å². The van der Waals surface area contributed by atoms with Gasteiger partial charge in [-0.1, -0.05) is 16.9 Å². The summed E-state index contributed by atoms with van der Waals surface area (Å²) in [5, 5.41) is 4.27. The van der Waals surface area contributed by atoms with E-state index in [4.69, 9.17) is 10.3 Å². The number of nitrogens with two attached hydrogens (primary N) is 1. The molecule has 24 heavy (non-hydrogen) atoms. The van der Waals surface area contributed by atoms with Crippen molar-refractivity contribution in [2.75, 3.05) is 0 Å². The Bertz CT molecular complexity index is 819. The number of aliphatic imine (C=N–C) groups is 1. The number of nitrogens with zero attached hydrogens (tertiary/aromatic N) is 2. The van der Waals surface area contributed by atoms with Crippen LogP contribution in [0.3, 0.4) is 0 Å². The van der Waals surface area contributed by atoms with E-state index in [0.717, 1.165) is 17.3 Å². The predicted molar refractivity (Wildman–Crippen MR) is 94.0 cm³/mol. The quantitative estimate of drug-likeness (QED) is 0.719. The topological polar surface area (TPSA) is 64.4 Å². The molecule has 0 unspecified atom stereocenters. The Morgan fingerprint density at radius 3 is 2.67 bits per heavy atom. The van der Waals surface area contributed by atoms with E-state index in [-0.39, 0.29) is 9.72 Å². The number of aromatic nitrogens is 1. The van der Waals surface area contributed by atoms with Gasteiger partial charge in [-0.15, -0.1) is 0 Å². The lowest BCUT2D eigenvalue weighted by atomic mass is 9.85. The molecule has 0 bridgehead atoms. The molecule has 1 aromatic carbocycles. The molecular formula is C16H16BrF2N3OS. The fourth-order valence-electron chi connectivity index (χ4n) is 3.08. The monoisotopic (exact) mass is 415 g/mol. The lowest BCUT2D eigenvalue weighted by Crippen LogP contribution is -2.31. The average Bonchev–Trinajstić information content (AvgIpc) is 2.81. The summed E-state index contributed by atoms with van der Waals surface area (Å²) < 4.78 is 33.4. The number of benzene rings is 1. The number of aryl methyl sites for hydroxylation is 2. The van der Waals surface area contributed by atoms with Gasteiger partial charge < -0.3 is 10.3 Å². The van der Waals surface area contributed by atoms with Crippen molar-refractivity contribution in [3.63, 3.8) is 0 Å². The Hall–Kier alpha value is -1.41.